The van der Waals surface area contributed by atoms with Crippen LogP contribution in [0.3, 0.4) is 0 Å². The fraction of sp³-hybridized carbons (Fsp3) is 0.500. The van der Waals surface area contributed by atoms with Gasteiger partial charge in [0, 0.05) is 51.9 Å². The van der Waals surface area contributed by atoms with Crippen LogP contribution in [-0.2, 0) is 6.54 Å². The highest BCUT2D eigenvalue weighted by Crippen LogP contribution is 2.20. The molecule has 0 saturated carbocycles. The molecule has 2 aromatic rings. The quantitative estimate of drug-likeness (QED) is 0.823. The summed E-state index contributed by atoms with van der Waals surface area (Å²) in [5.41, 5.74) is 0.673. The van der Waals surface area contributed by atoms with Gasteiger partial charge in [0.1, 0.15) is 11.6 Å². The Morgan fingerprint density at radius 1 is 0.704 bits per heavy atom. The molecular weight excluding hydrogens is 348 g/mol. The van der Waals surface area contributed by atoms with E-state index in [0.29, 0.717) is 12.1 Å². The number of piperazine rings is 1. The van der Waals surface area contributed by atoms with E-state index < -0.39 is 11.6 Å². The smallest absolute Gasteiger partial charge is 0.151 e. The van der Waals surface area contributed by atoms with Gasteiger partial charge >= 0.3 is 0 Å². The van der Waals surface area contributed by atoms with Gasteiger partial charge < -0.3 is 9.80 Å². The van der Waals surface area contributed by atoms with E-state index >= 15 is 0 Å². The second-order valence-electron chi connectivity index (χ2n) is 7.34. The first-order chi connectivity index (χ1) is 13.2. The molecule has 2 saturated heterocycles. The molecule has 0 amide bonds. The van der Waals surface area contributed by atoms with Crippen molar-refractivity contribution in [2.24, 2.45) is 0 Å². The van der Waals surface area contributed by atoms with Crippen LogP contribution in [0.15, 0.2) is 30.3 Å². The van der Waals surface area contributed by atoms with Gasteiger partial charge in [0.05, 0.1) is 0 Å². The van der Waals surface area contributed by atoms with Crippen LogP contribution < -0.4 is 9.80 Å². The zero-order chi connectivity index (χ0) is 18.6. The number of hydrogen-bond acceptors (Lipinski definition) is 5. The van der Waals surface area contributed by atoms with Crippen molar-refractivity contribution in [3.8, 4) is 0 Å². The van der Waals surface area contributed by atoms with E-state index in [-0.39, 0.29) is 0 Å². The van der Waals surface area contributed by atoms with Crippen molar-refractivity contribution in [3.63, 3.8) is 0 Å². The molecule has 5 nitrogen and oxygen atoms in total. The van der Waals surface area contributed by atoms with Crippen molar-refractivity contribution < 1.29 is 8.78 Å². The molecule has 1 aromatic heterocycles. The molecule has 0 radical (unpaired) electrons. The van der Waals surface area contributed by atoms with Gasteiger partial charge in [-0.05, 0) is 49.1 Å². The summed E-state index contributed by atoms with van der Waals surface area (Å²) in [6, 6.07) is 7.83. The molecule has 3 heterocycles. The summed E-state index contributed by atoms with van der Waals surface area (Å²) < 4.78 is 26.7. The van der Waals surface area contributed by atoms with E-state index in [2.05, 4.69) is 37.0 Å². The van der Waals surface area contributed by atoms with Gasteiger partial charge in [0.2, 0.25) is 0 Å². The Bertz CT molecular complexity index is 733. The first kappa shape index (κ1) is 18.1. The average Bonchev–Trinajstić information content (AvgIpc) is 2.69. The number of piperidine rings is 1. The van der Waals surface area contributed by atoms with Crippen LogP contribution in [0.1, 0.15) is 24.8 Å². The summed E-state index contributed by atoms with van der Waals surface area (Å²) in [4.78, 5) is 6.73. The molecular formula is C20H25F2N5. The van der Waals surface area contributed by atoms with Gasteiger partial charge in [-0.2, -0.15) is 0 Å². The van der Waals surface area contributed by atoms with Gasteiger partial charge in [-0.1, -0.05) is 0 Å². The monoisotopic (exact) mass is 373 g/mol. The topological polar surface area (TPSA) is 35.5 Å². The lowest BCUT2D eigenvalue weighted by atomic mass is 10.1. The van der Waals surface area contributed by atoms with Crippen LogP contribution in [0.4, 0.5) is 20.4 Å². The largest absolute Gasteiger partial charge is 0.355 e. The molecule has 0 aliphatic carbocycles. The maximum absolute atomic E-state index is 13.3. The van der Waals surface area contributed by atoms with Gasteiger partial charge in [-0.3, -0.25) is 4.90 Å². The van der Waals surface area contributed by atoms with Crippen LogP contribution in [-0.4, -0.2) is 54.4 Å². The van der Waals surface area contributed by atoms with Crippen molar-refractivity contribution in [1.82, 2.24) is 15.1 Å². The number of aromatic nitrogens is 2. The molecule has 2 fully saturated rings. The van der Waals surface area contributed by atoms with Crippen molar-refractivity contribution in [2.45, 2.75) is 25.8 Å². The van der Waals surface area contributed by atoms with E-state index in [1.807, 2.05) is 0 Å². The SMILES string of the molecule is Fc1cc(F)cc(CN2CCN(c3ccc(N4CCCCC4)nn3)CC2)c1. The first-order valence-electron chi connectivity index (χ1n) is 9.68. The Morgan fingerprint density at radius 2 is 1.26 bits per heavy atom. The number of halogens is 2. The van der Waals surface area contributed by atoms with Crippen LogP contribution in [0.2, 0.25) is 0 Å². The van der Waals surface area contributed by atoms with Crippen molar-refractivity contribution >= 4 is 11.6 Å². The molecule has 0 N–H and O–H groups in total. The van der Waals surface area contributed by atoms with E-state index in [0.717, 1.165) is 57.0 Å². The zero-order valence-electron chi connectivity index (χ0n) is 15.4. The highest BCUT2D eigenvalue weighted by molar-refractivity contribution is 5.45. The van der Waals surface area contributed by atoms with Crippen molar-refractivity contribution in [3.05, 3.63) is 47.5 Å². The fourth-order valence-corrected chi connectivity index (χ4v) is 3.87. The molecule has 2 aliphatic heterocycles. The summed E-state index contributed by atoms with van der Waals surface area (Å²) in [7, 11) is 0. The Morgan fingerprint density at radius 3 is 1.81 bits per heavy atom. The van der Waals surface area contributed by atoms with Crippen LogP contribution in [0.5, 0.6) is 0 Å². The first-order valence-corrected chi connectivity index (χ1v) is 9.68. The van der Waals surface area contributed by atoms with E-state index in [1.54, 1.807) is 0 Å². The van der Waals surface area contributed by atoms with Gasteiger partial charge in [0.25, 0.3) is 0 Å². The van der Waals surface area contributed by atoms with E-state index in [1.165, 1.54) is 31.4 Å². The summed E-state index contributed by atoms with van der Waals surface area (Å²) in [5.74, 6) is 0.817. The Kier molecular flexibility index (Phi) is 5.48. The maximum Gasteiger partial charge on any atom is 0.151 e. The number of hydrogen-bond donors (Lipinski definition) is 0. The minimum Gasteiger partial charge on any atom is -0.355 e. The number of anilines is 2. The molecule has 4 rings (SSSR count). The molecule has 0 unspecified atom stereocenters. The normalized spacial score (nSPS) is 18.7. The lowest BCUT2D eigenvalue weighted by Gasteiger charge is -2.35. The second-order valence-corrected chi connectivity index (χ2v) is 7.34. The third-order valence-electron chi connectivity index (χ3n) is 5.34. The lowest BCUT2D eigenvalue weighted by molar-refractivity contribution is 0.248. The van der Waals surface area contributed by atoms with Crippen molar-refractivity contribution in [1.29, 1.82) is 0 Å². The minimum absolute atomic E-state index is 0.521. The Hall–Kier alpha value is -2.28. The highest BCUT2D eigenvalue weighted by atomic mass is 19.1. The number of benzene rings is 1. The van der Waals surface area contributed by atoms with Crippen LogP contribution in [0.25, 0.3) is 0 Å². The molecule has 1 aromatic carbocycles. The van der Waals surface area contributed by atoms with Gasteiger partial charge in [-0.15, -0.1) is 10.2 Å². The summed E-state index contributed by atoms with van der Waals surface area (Å²) >= 11 is 0. The Labute approximate surface area is 158 Å². The fourth-order valence-electron chi connectivity index (χ4n) is 3.87. The molecule has 2 aliphatic rings. The molecule has 0 atom stereocenters. The van der Waals surface area contributed by atoms with E-state index in [9.17, 15) is 8.78 Å². The molecule has 0 bridgehead atoms. The molecule has 0 spiro atoms. The van der Waals surface area contributed by atoms with E-state index in [4.69, 9.17) is 0 Å². The highest BCUT2D eigenvalue weighted by Gasteiger charge is 2.20. The van der Waals surface area contributed by atoms with Crippen LogP contribution in [0, 0.1) is 11.6 Å². The number of nitrogens with zero attached hydrogens (tertiary/aromatic N) is 5. The number of rotatable bonds is 4. The summed E-state index contributed by atoms with van der Waals surface area (Å²) in [5, 5.41) is 8.85. The average molecular weight is 373 g/mol. The Balaban J connectivity index is 1.32. The summed E-state index contributed by atoms with van der Waals surface area (Å²) in [6.07, 6.45) is 3.75. The maximum atomic E-state index is 13.3. The van der Waals surface area contributed by atoms with Gasteiger partial charge in [-0.25, -0.2) is 8.78 Å². The lowest BCUT2D eigenvalue weighted by Crippen LogP contribution is -2.46. The second kappa shape index (κ2) is 8.17. The predicted octanol–water partition coefficient (Wildman–Crippen LogP) is 3.07. The summed E-state index contributed by atoms with van der Waals surface area (Å²) in [6.45, 7) is 6.00. The zero-order valence-corrected chi connectivity index (χ0v) is 15.4. The van der Waals surface area contributed by atoms with Crippen molar-refractivity contribution in [2.75, 3.05) is 49.1 Å². The predicted molar refractivity (Wildman–Crippen MR) is 102 cm³/mol. The molecule has 144 valence electrons. The standard InChI is InChI=1S/C20H25F2N5/c21-17-12-16(13-18(22)14-17)15-25-8-10-27(11-9-25)20-5-4-19(23-24-20)26-6-2-1-3-7-26/h4-5,12-14H,1-3,6-11,15H2. The third kappa shape index (κ3) is 4.53. The minimum atomic E-state index is -0.521. The third-order valence-corrected chi connectivity index (χ3v) is 5.34. The van der Waals surface area contributed by atoms with Gasteiger partial charge in [0.15, 0.2) is 11.6 Å². The van der Waals surface area contributed by atoms with Crippen LogP contribution >= 0.6 is 0 Å². The molecule has 27 heavy (non-hydrogen) atoms. The molecule has 7 heteroatoms.